The van der Waals surface area contributed by atoms with E-state index in [2.05, 4.69) is 5.32 Å². The standard InChI is InChI=1S/C15H22N2O4/c1-4-17(11(3)10-14(18)19)15(20)16-12-8-6-7-9-13(12)21-5-2/h6-9,11H,4-5,10H2,1-3H3,(H,16,20)(H,18,19). The van der Waals surface area contributed by atoms with Gasteiger partial charge in [0.25, 0.3) is 0 Å². The lowest BCUT2D eigenvalue weighted by molar-refractivity contribution is -0.137. The predicted molar refractivity (Wildman–Crippen MR) is 80.7 cm³/mol. The summed E-state index contributed by atoms with van der Waals surface area (Å²) in [5.74, 6) is -0.334. The summed E-state index contributed by atoms with van der Waals surface area (Å²) < 4.78 is 5.45. The second-order valence-electron chi connectivity index (χ2n) is 4.59. The van der Waals surface area contributed by atoms with Gasteiger partial charge in [-0.2, -0.15) is 0 Å². The molecule has 1 aromatic carbocycles. The summed E-state index contributed by atoms with van der Waals surface area (Å²) in [5, 5.41) is 11.6. The highest BCUT2D eigenvalue weighted by atomic mass is 16.5. The monoisotopic (exact) mass is 294 g/mol. The van der Waals surface area contributed by atoms with E-state index in [-0.39, 0.29) is 18.5 Å². The van der Waals surface area contributed by atoms with Crippen molar-refractivity contribution in [2.45, 2.75) is 33.2 Å². The zero-order chi connectivity index (χ0) is 15.8. The average Bonchev–Trinajstić information content (AvgIpc) is 2.41. The molecule has 0 aliphatic heterocycles. The Morgan fingerprint density at radius 3 is 2.57 bits per heavy atom. The molecule has 1 atom stereocenters. The SMILES string of the molecule is CCOc1ccccc1NC(=O)N(CC)C(C)CC(=O)O. The Balaban J connectivity index is 2.80. The molecule has 0 radical (unpaired) electrons. The number of nitrogens with one attached hydrogen (secondary N) is 1. The molecule has 0 aliphatic carbocycles. The number of ether oxygens (including phenoxy) is 1. The molecule has 0 aromatic heterocycles. The summed E-state index contributed by atoms with van der Waals surface area (Å²) >= 11 is 0. The van der Waals surface area contributed by atoms with Gasteiger partial charge in [0, 0.05) is 12.6 Å². The van der Waals surface area contributed by atoms with E-state index < -0.39 is 5.97 Å². The molecular formula is C15H22N2O4. The van der Waals surface area contributed by atoms with Crippen LogP contribution in [0.3, 0.4) is 0 Å². The Morgan fingerprint density at radius 2 is 2.00 bits per heavy atom. The van der Waals surface area contributed by atoms with E-state index in [0.29, 0.717) is 24.6 Å². The number of hydrogen-bond acceptors (Lipinski definition) is 3. The zero-order valence-corrected chi connectivity index (χ0v) is 12.6. The molecule has 0 bridgehead atoms. The Kier molecular flexibility index (Phi) is 6.52. The van der Waals surface area contributed by atoms with Crippen molar-refractivity contribution in [1.29, 1.82) is 0 Å². The van der Waals surface area contributed by atoms with Gasteiger partial charge in [-0.1, -0.05) is 12.1 Å². The Hall–Kier alpha value is -2.24. The first-order chi connectivity index (χ1) is 9.99. The molecule has 21 heavy (non-hydrogen) atoms. The van der Waals surface area contributed by atoms with E-state index in [1.807, 2.05) is 19.9 Å². The minimum atomic E-state index is -0.927. The maximum absolute atomic E-state index is 12.3. The van der Waals surface area contributed by atoms with Crippen LogP contribution >= 0.6 is 0 Å². The normalized spacial score (nSPS) is 11.6. The highest BCUT2D eigenvalue weighted by Crippen LogP contribution is 2.24. The molecule has 6 nitrogen and oxygen atoms in total. The van der Waals surface area contributed by atoms with Crippen LogP contribution in [0.5, 0.6) is 5.75 Å². The number of para-hydroxylation sites is 2. The molecule has 2 N–H and O–H groups in total. The lowest BCUT2D eigenvalue weighted by Gasteiger charge is -2.27. The molecule has 0 saturated heterocycles. The van der Waals surface area contributed by atoms with Crippen molar-refractivity contribution in [3.05, 3.63) is 24.3 Å². The van der Waals surface area contributed by atoms with Gasteiger partial charge >= 0.3 is 12.0 Å². The number of anilines is 1. The molecule has 0 spiro atoms. The van der Waals surface area contributed by atoms with Crippen LogP contribution in [-0.4, -0.2) is 41.2 Å². The van der Waals surface area contributed by atoms with Crippen molar-refractivity contribution in [3.8, 4) is 5.75 Å². The number of aliphatic carboxylic acids is 1. The van der Waals surface area contributed by atoms with Gasteiger partial charge in [-0.15, -0.1) is 0 Å². The van der Waals surface area contributed by atoms with Gasteiger partial charge in [-0.3, -0.25) is 4.79 Å². The van der Waals surface area contributed by atoms with Crippen molar-refractivity contribution in [2.75, 3.05) is 18.5 Å². The molecule has 116 valence electrons. The van der Waals surface area contributed by atoms with Gasteiger partial charge in [0.1, 0.15) is 5.75 Å². The first kappa shape index (κ1) is 16.8. The highest BCUT2D eigenvalue weighted by molar-refractivity contribution is 5.91. The van der Waals surface area contributed by atoms with Crippen LogP contribution in [0.25, 0.3) is 0 Å². The topological polar surface area (TPSA) is 78.9 Å². The maximum atomic E-state index is 12.3. The molecule has 0 heterocycles. The minimum absolute atomic E-state index is 0.0889. The van der Waals surface area contributed by atoms with Crippen LogP contribution in [0, 0.1) is 0 Å². The lowest BCUT2D eigenvalue weighted by atomic mass is 10.2. The fourth-order valence-electron chi connectivity index (χ4n) is 2.06. The number of rotatable bonds is 7. The lowest BCUT2D eigenvalue weighted by Crippen LogP contribution is -2.42. The summed E-state index contributed by atoms with van der Waals surface area (Å²) in [7, 11) is 0. The molecule has 6 heteroatoms. The quantitative estimate of drug-likeness (QED) is 0.810. The van der Waals surface area contributed by atoms with E-state index in [4.69, 9.17) is 9.84 Å². The van der Waals surface area contributed by atoms with Gasteiger partial charge in [-0.05, 0) is 32.9 Å². The van der Waals surface area contributed by atoms with Crippen LogP contribution in [0.4, 0.5) is 10.5 Å². The zero-order valence-electron chi connectivity index (χ0n) is 12.6. The van der Waals surface area contributed by atoms with Gasteiger partial charge in [0.15, 0.2) is 0 Å². The summed E-state index contributed by atoms with van der Waals surface area (Å²) in [6, 6.07) is 6.43. The van der Waals surface area contributed by atoms with Gasteiger partial charge in [0.2, 0.25) is 0 Å². The van der Waals surface area contributed by atoms with Crippen LogP contribution in [0.1, 0.15) is 27.2 Å². The number of carbonyl (C=O) groups excluding carboxylic acids is 1. The van der Waals surface area contributed by atoms with Crippen molar-refractivity contribution >= 4 is 17.7 Å². The fourth-order valence-corrected chi connectivity index (χ4v) is 2.06. The Labute approximate surface area is 124 Å². The summed E-state index contributed by atoms with van der Waals surface area (Å²) in [5.41, 5.74) is 0.574. The van der Waals surface area contributed by atoms with E-state index >= 15 is 0 Å². The van der Waals surface area contributed by atoms with Gasteiger partial charge in [0.05, 0.1) is 18.7 Å². The summed E-state index contributed by atoms with van der Waals surface area (Å²) in [4.78, 5) is 24.5. The van der Waals surface area contributed by atoms with Crippen LogP contribution in [0.15, 0.2) is 24.3 Å². The second-order valence-corrected chi connectivity index (χ2v) is 4.59. The van der Waals surface area contributed by atoms with Gasteiger partial charge < -0.3 is 20.1 Å². The first-order valence-electron chi connectivity index (χ1n) is 7.00. The highest BCUT2D eigenvalue weighted by Gasteiger charge is 2.21. The van der Waals surface area contributed by atoms with Crippen LogP contribution < -0.4 is 10.1 Å². The average molecular weight is 294 g/mol. The van der Waals surface area contributed by atoms with Crippen molar-refractivity contribution in [1.82, 2.24) is 4.90 Å². The maximum Gasteiger partial charge on any atom is 0.322 e. The smallest absolute Gasteiger partial charge is 0.322 e. The second kappa shape index (κ2) is 8.14. The number of nitrogens with zero attached hydrogens (tertiary/aromatic N) is 1. The molecule has 1 unspecified atom stereocenters. The number of benzene rings is 1. The minimum Gasteiger partial charge on any atom is -0.492 e. The van der Waals surface area contributed by atoms with E-state index in [9.17, 15) is 9.59 Å². The van der Waals surface area contributed by atoms with Crippen molar-refractivity contribution in [2.24, 2.45) is 0 Å². The summed E-state index contributed by atoms with van der Waals surface area (Å²) in [6.45, 7) is 6.32. The molecule has 2 amide bonds. The van der Waals surface area contributed by atoms with E-state index in [1.54, 1.807) is 25.1 Å². The number of carbonyl (C=O) groups is 2. The molecule has 0 saturated carbocycles. The van der Waals surface area contributed by atoms with E-state index in [1.165, 1.54) is 4.90 Å². The third kappa shape index (κ3) is 4.98. The van der Waals surface area contributed by atoms with Crippen LogP contribution in [0.2, 0.25) is 0 Å². The molecule has 1 rings (SSSR count). The van der Waals surface area contributed by atoms with E-state index in [0.717, 1.165) is 0 Å². The third-order valence-electron chi connectivity index (χ3n) is 3.03. The third-order valence-corrected chi connectivity index (χ3v) is 3.03. The first-order valence-corrected chi connectivity index (χ1v) is 7.00. The largest absolute Gasteiger partial charge is 0.492 e. The Bertz CT molecular complexity index is 490. The number of carboxylic acid groups (broad SMARTS) is 1. The number of carboxylic acids is 1. The molecule has 1 aromatic rings. The number of urea groups is 1. The Morgan fingerprint density at radius 1 is 1.33 bits per heavy atom. The number of amides is 2. The van der Waals surface area contributed by atoms with Crippen molar-refractivity contribution in [3.63, 3.8) is 0 Å². The van der Waals surface area contributed by atoms with Gasteiger partial charge in [-0.25, -0.2) is 4.79 Å². The van der Waals surface area contributed by atoms with Crippen LogP contribution in [-0.2, 0) is 4.79 Å². The predicted octanol–water partition coefficient (Wildman–Crippen LogP) is 2.80. The molecule has 0 aliphatic rings. The summed E-state index contributed by atoms with van der Waals surface area (Å²) in [6.07, 6.45) is -0.0889. The van der Waals surface area contributed by atoms with Crippen molar-refractivity contribution < 1.29 is 19.4 Å². The number of hydrogen-bond donors (Lipinski definition) is 2. The molecule has 0 fully saturated rings. The fraction of sp³-hybridized carbons (Fsp3) is 0.467. The molecular weight excluding hydrogens is 272 g/mol.